The van der Waals surface area contributed by atoms with E-state index in [0.29, 0.717) is 0 Å². The average molecular weight is 284 g/mol. The molecule has 0 aliphatic heterocycles. The van der Waals surface area contributed by atoms with Crippen LogP contribution >= 0.6 is 15.9 Å². The third kappa shape index (κ3) is 3.50. The van der Waals surface area contributed by atoms with Gasteiger partial charge in [0.2, 0.25) is 0 Å². The van der Waals surface area contributed by atoms with Crippen LogP contribution in [-0.2, 0) is 17.4 Å². The van der Waals surface area contributed by atoms with E-state index in [1.165, 1.54) is 0 Å². The lowest BCUT2D eigenvalue weighted by atomic mass is 10.2. The molecular formula is C8H5BrF3NO2. The van der Waals surface area contributed by atoms with Crippen LogP contribution in [0.4, 0.5) is 13.2 Å². The normalized spacial score (nSPS) is 11.5. The minimum Gasteiger partial charge on any atom is -0.481 e. The first-order valence-electron chi connectivity index (χ1n) is 3.74. The SMILES string of the molecule is O=C(O)Cc1cc(C(F)(F)F)cc(Br)n1. The standard InChI is InChI=1S/C8H5BrF3NO2/c9-6-2-4(8(10,11)12)1-5(13-6)3-7(14)15/h1-2H,3H2,(H,14,15). The van der Waals surface area contributed by atoms with Crippen molar-refractivity contribution in [3.8, 4) is 0 Å². The number of carbonyl (C=O) groups is 1. The number of carboxylic acids is 1. The molecule has 15 heavy (non-hydrogen) atoms. The van der Waals surface area contributed by atoms with E-state index in [9.17, 15) is 18.0 Å². The fourth-order valence-electron chi connectivity index (χ4n) is 0.960. The Balaban J connectivity index is 3.11. The molecule has 1 N–H and O–H groups in total. The van der Waals surface area contributed by atoms with Crippen molar-refractivity contribution < 1.29 is 23.1 Å². The lowest BCUT2D eigenvalue weighted by Crippen LogP contribution is -2.09. The van der Waals surface area contributed by atoms with Gasteiger partial charge in [-0.05, 0) is 28.1 Å². The van der Waals surface area contributed by atoms with Crippen LogP contribution < -0.4 is 0 Å². The zero-order valence-electron chi connectivity index (χ0n) is 7.18. The summed E-state index contributed by atoms with van der Waals surface area (Å²) < 4.78 is 36.8. The zero-order valence-corrected chi connectivity index (χ0v) is 8.76. The molecule has 1 rings (SSSR count). The Morgan fingerprint density at radius 3 is 2.53 bits per heavy atom. The first kappa shape index (κ1) is 12.0. The van der Waals surface area contributed by atoms with Gasteiger partial charge in [-0.2, -0.15) is 13.2 Å². The molecule has 0 atom stereocenters. The molecule has 82 valence electrons. The molecule has 1 heterocycles. The maximum absolute atomic E-state index is 12.3. The lowest BCUT2D eigenvalue weighted by Gasteiger charge is -2.08. The predicted octanol–water partition coefficient (Wildman–Crippen LogP) is 2.49. The molecule has 0 amide bonds. The van der Waals surface area contributed by atoms with Gasteiger partial charge in [0.05, 0.1) is 17.7 Å². The minimum atomic E-state index is -4.50. The highest BCUT2D eigenvalue weighted by atomic mass is 79.9. The molecule has 0 unspecified atom stereocenters. The average Bonchev–Trinajstić information content (AvgIpc) is 1.99. The second kappa shape index (κ2) is 4.18. The Bertz CT molecular complexity index is 392. The van der Waals surface area contributed by atoms with Crippen molar-refractivity contribution in [1.29, 1.82) is 0 Å². The number of rotatable bonds is 2. The van der Waals surface area contributed by atoms with Gasteiger partial charge in [0, 0.05) is 0 Å². The molecule has 0 radical (unpaired) electrons. The topological polar surface area (TPSA) is 50.2 Å². The van der Waals surface area contributed by atoms with Crippen LogP contribution in [0.3, 0.4) is 0 Å². The van der Waals surface area contributed by atoms with Crippen molar-refractivity contribution in [2.24, 2.45) is 0 Å². The van der Waals surface area contributed by atoms with Crippen LogP contribution in [0.25, 0.3) is 0 Å². The maximum Gasteiger partial charge on any atom is 0.416 e. The van der Waals surface area contributed by atoms with E-state index in [1.54, 1.807) is 0 Å². The third-order valence-electron chi connectivity index (χ3n) is 1.51. The first-order chi connectivity index (χ1) is 6.79. The summed E-state index contributed by atoms with van der Waals surface area (Å²) in [5, 5.41) is 8.41. The summed E-state index contributed by atoms with van der Waals surface area (Å²) in [5.41, 5.74) is -1.05. The molecule has 0 saturated heterocycles. The number of carboxylic acid groups (broad SMARTS) is 1. The van der Waals surface area contributed by atoms with Crippen LogP contribution in [0.2, 0.25) is 0 Å². The zero-order chi connectivity index (χ0) is 11.6. The van der Waals surface area contributed by atoms with Gasteiger partial charge in [-0.1, -0.05) is 0 Å². The second-order valence-electron chi connectivity index (χ2n) is 2.74. The van der Waals surface area contributed by atoms with Crippen LogP contribution in [0.5, 0.6) is 0 Å². The number of halogens is 4. The largest absolute Gasteiger partial charge is 0.481 e. The van der Waals surface area contributed by atoms with Crippen molar-refractivity contribution in [3.63, 3.8) is 0 Å². The van der Waals surface area contributed by atoms with Crippen molar-refractivity contribution in [2.45, 2.75) is 12.6 Å². The summed E-state index contributed by atoms with van der Waals surface area (Å²) in [7, 11) is 0. The quantitative estimate of drug-likeness (QED) is 0.849. The van der Waals surface area contributed by atoms with Crippen LogP contribution in [0.15, 0.2) is 16.7 Å². The Hall–Kier alpha value is -1.11. The molecule has 0 aliphatic rings. The number of hydrogen-bond acceptors (Lipinski definition) is 2. The van der Waals surface area contributed by atoms with Gasteiger partial charge in [0.15, 0.2) is 0 Å². The maximum atomic E-state index is 12.3. The van der Waals surface area contributed by atoms with Gasteiger partial charge in [0.25, 0.3) is 0 Å². The van der Waals surface area contributed by atoms with Gasteiger partial charge in [0.1, 0.15) is 4.60 Å². The molecule has 1 aromatic rings. The molecule has 3 nitrogen and oxygen atoms in total. The van der Waals surface area contributed by atoms with E-state index in [2.05, 4.69) is 20.9 Å². The van der Waals surface area contributed by atoms with Crippen LogP contribution in [0.1, 0.15) is 11.3 Å². The predicted molar refractivity (Wildman–Crippen MR) is 48.3 cm³/mol. The third-order valence-corrected chi connectivity index (χ3v) is 1.91. The Labute approximate surface area is 91.1 Å². The Morgan fingerprint density at radius 2 is 2.07 bits per heavy atom. The summed E-state index contributed by atoms with van der Waals surface area (Å²) in [5.74, 6) is -1.23. The fraction of sp³-hybridized carbons (Fsp3) is 0.250. The number of nitrogens with zero attached hydrogens (tertiary/aromatic N) is 1. The van der Waals surface area contributed by atoms with Crippen molar-refractivity contribution >= 4 is 21.9 Å². The molecule has 0 aliphatic carbocycles. The highest BCUT2D eigenvalue weighted by Gasteiger charge is 2.31. The van der Waals surface area contributed by atoms with E-state index in [1.807, 2.05) is 0 Å². The van der Waals surface area contributed by atoms with E-state index < -0.39 is 24.1 Å². The highest BCUT2D eigenvalue weighted by Crippen LogP contribution is 2.30. The highest BCUT2D eigenvalue weighted by molar-refractivity contribution is 9.10. The molecule has 7 heteroatoms. The molecule has 0 bridgehead atoms. The number of aromatic nitrogens is 1. The van der Waals surface area contributed by atoms with Crippen molar-refractivity contribution in [1.82, 2.24) is 4.98 Å². The molecule has 1 aromatic heterocycles. The summed E-state index contributed by atoms with van der Waals surface area (Å²) in [6.07, 6.45) is -5.04. The molecule has 0 saturated carbocycles. The van der Waals surface area contributed by atoms with Crippen molar-refractivity contribution in [2.75, 3.05) is 0 Å². The second-order valence-corrected chi connectivity index (χ2v) is 3.55. The Morgan fingerprint density at radius 1 is 1.47 bits per heavy atom. The summed E-state index contributed by atoms with van der Waals surface area (Å²) in [4.78, 5) is 13.9. The summed E-state index contributed by atoms with van der Waals surface area (Å²) in [6.45, 7) is 0. The van der Waals surface area contributed by atoms with Gasteiger partial charge in [-0.25, -0.2) is 4.98 Å². The fourth-order valence-corrected chi connectivity index (χ4v) is 1.43. The van der Waals surface area contributed by atoms with Crippen LogP contribution in [-0.4, -0.2) is 16.1 Å². The van der Waals surface area contributed by atoms with E-state index in [0.717, 1.165) is 12.1 Å². The Kier molecular flexibility index (Phi) is 3.33. The number of hydrogen-bond donors (Lipinski definition) is 1. The summed E-state index contributed by atoms with van der Waals surface area (Å²) in [6, 6.07) is 1.52. The van der Waals surface area contributed by atoms with Crippen LogP contribution in [0, 0.1) is 0 Å². The molecule has 0 spiro atoms. The molecule has 0 fully saturated rings. The minimum absolute atomic E-state index is 0.0337. The summed E-state index contributed by atoms with van der Waals surface area (Å²) >= 11 is 2.79. The van der Waals surface area contributed by atoms with Gasteiger partial charge in [-0.3, -0.25) is 4.79 Å². The van der Waals surface area contributed by atoms with Crippen molar-refractivity contribution in [3.05, 3.63) is 28.0 Å². The smallest absolute Gasteiger partial charge is 0.416 e. The first-order valence-corrected chi connectivity index (χ1v) is 4.54. The number of aliphatic carboxylic acids is 1. The van der Waals surface area contributed by atoms with Gasteiger partial charge in [-0.15, -0.1) is 0 Å². The molecule has 0 aromatic carbocycles. The van der Waals surface area contributed by atoms with E-state index >= 15 is 0 Å². The molecular weight excluding hydrogens is 279 g/mol. The number of alkyl halides is 3. The van der Waals surface area contributed by atoms with Gasteiger partial charge < -0.3 is 5.11 Å². The van der Waals surface area contributed by atoms with E-state index in [4.69, 9.17) is 5.11 Å². The number of pyridine rings is 1. The van der Waals surface area contributed by atoms with E-state index in [-0.39, 0.29) is 10.3 Å². The lowest BCUT2D eigenvalue weighted by molar-refractivity contribution is -0.139. The van der Waals surface area contributed by atoms with Gasteiger partial charge >= 0.3 is 12.1 Å². The monoisotopic (exact) mass is 283 g/mol.